The molecule has 0 saturated carbocycles. The molecule has 0 atom stereocenters. The predicted octanol–water partition coefficient (Wildman–Crippen LogP) is 14.1. The maximum Gasteiger partial charge on any atom is 0.211 e. The first-order chi connectivity index (χ1) is 21.4. The molecular weight excluding hydrogens is 545 g/mol. The molecule has 1 aromatic heterocycles. The second kappa shape index (κ2) is 33.5. The molecule has 0 radical (unpaired) electrons. The average Bonchev–Trinajstić information content (AvgIpc) is 3.47. The van der Waals surface area contributed by atoms with E-state index in [-0.39, 0.29) is 0 Å². The lowest BCUT2D eigenvalue weighted by Gasteiger charge is -2.02. The van der Waals surface area contributed by atoms with E-state index in [0.717, 1.165) is 23.1 Å². The van der Waals surface area contributed by atoms with E-state index < -0.39 is 0 Å². The van der Waals surface area contributed by atoms with Crippen LogP contribution in [0.1, 0.15) is 206 Å². The molecule has 2 N–H and O–H groups in total. The fraction of sp³-hybridized carbons (Fsp3) is 0.842. The van der Waals surface area contributed by atoms with Gasteiger partial charge in [-0.05, 0) is 38.1 Å². The summed E-state index contributed by atoms with van der Waals surface area (Å²) in [4.78, 5) is 0. The number of nitrogens with one attached hydrogen (secondary N) is 2. The van der Waals surface area contributed by atoms with E-state index in [9.17, 15) is 0 Å². The van der Waals surface area contributed by atoms with Gasteiger partial charge in [-0.2, -0.15) is 0 Å². The summed E-state index contributed by atoms with van der Waals surface area (Å²) < 4.78 is 0. The van der Waals surface area contributed by atoms with Gasteiger partial charge in [0.25, 0.3) is 0 Å². The summed E-state index contributed by atoms with van der Waals surface area (Å²) in [6.07, 6.45) is 50.3. The third-order valence-electron chi connectivity index (χ3n) is 8.52. The third-order valence-corrected chi connectivity index (χ3v) is 9.31. The second-order valence-corrected chi connectivity index (χ2v) is 13.8. The van der Waals surface area contributed by atoms with E-state index in [0.29, 0.717) is 0 Å². The van der Waals surface area contributed by atoms with Crippen molar-refractivity contribution in [3.63, 3.8) is 0 Å². The number of hydrogen-bond acceptors (Lipinski definition) is 5. The van der Waals surface area contributed by atoms with E-state index in [2.05, 4.69) is 46.8 Å². The van der Waals surface area contributed by atoms with Crippen molar-refractivity contribution in [2.45, 2.75) is 206 Å². The van der Waals surface area contributed by atoms with Gasteiger partial charge in [-0.25, -0.2) is 0 Å². The maximum absolute atomic E-state index is 4.23. The van der Waals surface area contributed by atoms with Crippen LogP contribution in [-0.2, 0) is 0 Å². The lowest BCUT2D eigenvalue weighted by molar-refractivity contribution is 0.536. The van der Waals surface area contributed by atoms with Gasteiger partial charge in [0.2, 0.25) is 10.3 Å². The molecule has 0 saturated heterocycles. The minimum Gasteiger partial charge on any atom is -0.337 e. The molecule has 0 aliphatic rings. The Bertz CT molecular complexity index is 671. The van der Waals surface area contributed by atoms with Crippen LogP contribution in [-0.4, -0.2) is 10.2 Å². The summed E-state index contributed by atoms with van der Waals surface area (Å²) in [6, 6.07) is 0. The molecule has 0 unspecified atom stereocenters. The Labute approximate surface area is 272 Å². The molecular formula is C38H72N4S. The molecule has 0 aliphatic carbocycles. The van der Waals surface area contributed by atoms with Crippen LogP contribution < -0.4 is 10.6 Å². The van der Waals surface area contributed by atoms with Crippen molar-refractivity contribution in [1.82, 2.24) is 10.2 Å². The molecule has 0 aromatic carbocycles. The molecule has 0 spiro atoms. The topological polar surface area (TPSA) is 49.8 Å². The summed E-state index contributed by atoms with van der Waals surface area (Å²) in [5, 5.41) is 16.7. The van der Waals surface area contributed by atoms with Gasteiger partial charge >= 0.3 is 0 Å². The number of allylic oxidation sites excluding steroid dienone is 2. The van der Waals surface area contributed by atoms with Crippen LogP contribution in [0.25, 0.3) is 0 Å². The van der Waals surface area contributed by atoms with Crippen molar-refractivity contribution in [3.8, 4) is 0 Å². The van der Waals surface area contributed by atoms with E-state index >= 15 is 0 Å². The maximum atomic E-state index is 4.23. The SMILES string of the molecule is CCCCCCCCCCCCCCCCC=CNc1nnc(NC=CCCCCCCCCCCCCCCCC)s1. The Balaban J connectivity index is 1.84. The normalized spacial score (nSPS) is 11.8. The molecule has 4 nitrogen and oxygen atoms in total. The third kappa shape index (κ3) is 29.1. The summed E-state index contributed by atoms with van der Waals surface area (Å²) in [5.74, 6) is 0. The first-order valence-corrected chi connectivity index (χ1v) is 19.8. The molecule has 5 heteroatoms. The highest BCUT2D eigenvalue weighted by Gasteiger charge is 2.00. The van der Waals surface area contributed by atoms with Crippen molar-refractivity contribution in [3.05, 3.63) is 24.6 Å². The van der Waals surface area contributed by atoms with Crippen molar-refractivity contribution in [2.24, 2.45) is 0 Å². The summed E-state index contributed by atoms with van der Waals surface area (Å²) in [5.41, 5.74) is 0. The average molecular weight is 617 g/mol. The predicted molar refractivity (Wildman–Crippen MR) is 195 cm³/mol. The molecule has 0 amide bonds. The Morgan fingerprint density at radius 3 is 0.930 bits per heavy atom. The minimum absolute atomic E-state index is 0.847. The Hall–Kier alpha value is -1.36. The molecule has 0 fully saturated rings. The van der Waals surface area contributed by atoms with Gasteiger partial charge in [-0.1, -0.05) is 204 Å². The van der Waals surface area contributed by atoms with Crippen LogP contribution in [0.2, 0.25) is 0 Å². The Morgan fingerprint density at radius 2 is 0.651 bits per heavy atom. The quantitative estimate of drug-likeness (QED) is 0.0756. The molecule has 1 rings (SSSR count). The van der Waals surface area contributed by atoms with Crippen LogP contribution in [0.3, 0.4) is 0 Å². The van der Waals surface area contributed by atoms with Gasteiger partial charge in [0, 0.05) is 0 Å². The van der Waals surface area contributed by atoms with E-state index in [1.165, 1.54) is 180 Å². The zero-order valence-electron chi connectivity index (χ0n) is 28.8. The number of anilines is 2. The van der Waals surface area contributed by atoms with Crippen LogP contribution >= 0.6 is 11.3 Å². The fourth-order valence-electron chi connectivity index (χ4n) is 5.68. The second-order valence-electron chi connectivity index (χ2n) is 12.8. The van der Waals surface area contributed by atoms with Crippen molar-refractivity contribution >= 4 is 21.6 Å². The van der Waals surface area contributed by atoms with E-state index in [1.54, 1.807) is 11.3 Å². The standard InChI is InChI=1S/C38H72N4S/c1-3-5-7-9-11-13-15-17-19-21-23-25-27-29-31-33-35-39-37-41-42-38(43-37)40-36-34-32-30-28-26-24-22-20-18-16-14-12-10-8-6-4-2/h33-36H,3-32H2,1-2H3,(H,39,41)(H,40,42). The van der Waals surface area contributed by atoms with Crippen LogP contribution in [0.15, 0.2) is 24.6 Å². The Morgan fingerprint density at radius 1 is 0.395 bits per heavy atom. The van der Waals surface area contributed by atoms with Gasteiger partial charge in [-0.15, -0.1) is 10.2 Å². The lowest BCUT2D eigenvalue weighted by Crippen LogP contribution is -1.86. The van der Waals surface area contributed by atoms with Crippen LogP contribution in [0, 0.1) is 0 Å². The highest BCUT2D eigenvalue weighted by molar-refractivity contribution is 7.19. The van der Waals surface area contributed by atoms with Crippen LogP contribution in [0.4, 0.5) is 10.3 Å². The first kappa shape index (κ1) is 39.7. The van der Waals surface area contributed by atoms with Gasteiger partial charge in [-0.3, -0.25) is 0 Å². The van der Waals surface area contributed by atoms with Crippen LogP contribution in [0.5, 0.6) is 0 Å². The largest absolute Gasteiger partial charge is 0.337 e. The molecule has 0 bridgehead atoms. The molecule has 43 heavy (non-hydrogen) atoms. The van der Waals surface area contributed by atoms with Gasteiger partial charge in [0.1, 0.15) is 0 Å². The van der Waals surface area contributed by atoms with Crippen molar-refractivity contribution in [2.75, 3.05) is 10.6 Å². The summed E-state index contributed by atoms with van der Waals surface area (Å²) in [6.45, 7) is 4.59. The summed E-state index contributed by atoms with van der Waals surface area (Å²) >= 11 is 1.56. The summed E-state index contributed by atoms with van der Waals surface area (Å²) in [7, 11) is 0. The number of rotatable bonds is 34. The number of aromatic nitrogens is 2. The van der Waals surface area contributed by atoms with Gasteiger partial charge in [0.05, 0.1) is 0 Å². The van der Waals surface area contributed by atoms with E-state index in [4.69, 9.17) is 0 Å². The molecule has 0 aliphatic heterocycles. The monoisotopic (exact) mass is 617 g/mol. The molecule has 1 heterocycles. The fourth-order valence-corrected chi connectivity index (χ4v) is 6.28. The van der Waals surface area contributed by atoms with Crippen molar-refractivity contribution < 1.29 is 0 Å². The first-order valence-electron chi connectivity index (χ1n) is 19.0. The van der Waals surface area contributed by atoms with E-state index in [1.807, 2.05) is 12.4 Å². The molecule has 1 aromatic rings. The number of hydrogen-bond donors (Lipinski definition) is 2. The molecule has 250 valence electrons. The zero-order valence-corrected chi connectivity index (χ0v) is 29.6. The number of nitrogens with zero attached hydrogens (tertiary/aromatic N) is 2. The highest BCUT2D eigenvalue weighted by atomic mass is 32.1. The number of unbranched alkanes of at least 4 members (excludes halogenated alkanes) is 28. The van der Waals surface area contributed by atoms with Crippen molar-refractivity contribution in [1.29, 1.82) is 0 Å². The minimum atomic E-state index is 0.847. The smallest absolute Gasteiger partial charge is 0.211 e. The Kier molecular flexibility index (Phi) is 30.9. The lowest BCUT2D eigenvalue weighted by atomic mass is 10.0. The van der Waals surface area contributed by atoms with Gasteiger partial charge in [0.15, 0.2) is 0 Å². The van der Waals surface area contributed by atoms with Gasteiger partial charge < -0.3 is 10.6 Å². The highest BCUT2D eigenvalue weighted by Crippen LogP contribution is 2.20. The zero-order chi connectivity index (χ0) is 30.7.